The molecule has 2 aromatic carbocycles. The lowest BCUT2D eigenvalue weighted by molar-refractivity contribution is 0.174. The summed E-state index contributed by atoms with van der Waals surface area (Å²) in [5.74, 6) is -0.534. The lowest BCUT2D eigenvalue weighted by atomic mass is 10.3. The second kappa shape index (κ2) is 5.60. The van der Waals surface area contributed by atoms with Gasteiger partial charge in [0.1, 0.15) is 17.3 Å². The maximum absolute atomic E-state index is 13.5. The van der Waals surface area contributed by atoms with Gasteiger partial charge in [0.15, 0.2) is 16.6 Å². The first kappa shape index (κ1) is 14.6. The van der Waals surface area contributed by atoms with Crippen molar-refractivity contribution in [2.75, 3.05) is 17.4 Å². The Morgan fingerprint density at radius 1 is 1.12 bits per heavy atom. The van der Waals surface area contributed by atoms with E-state index in [0.29, 0.717) is 17.0 Å². The SMILES string of the molecule is O=C(Nc1nc2cc3c(cc2s1)OCO3)Nc1c(F)cccc1F. The molecule has 4 rings (SSSR count). The van der Waals surface area contributed by atoms with Crippen LogP contribution in [0.2, 0.25) is 0 Å². The molecule has 2 N–H and O–H groups in total. The van der Waals surface area contributed by atoms with Crippen molar-refractivity contribution in [3.63, 3.8) is 0 Å². The zero-order chi connectivity index (χ0) is 16.7. The molecule has 0 aliphatic carbocycles. The summed E-state index contributed by atoms with van der Waals surface area (Å²) >= 11 is 1.20. The molecule has 0 saturated carbocycles. The van der Waals surface area contributed by atoms with E-state index in [1.165, 1.54) is 17.4 Å². The zero-order valence-electron chi connectivity index (χ0n) is 11.9. The number of benzene rings is 2. The first-order valence-corrected chi connectivity index (χ1v) is 7.64. The van der Waals surface area contributed by atoms with Gasteiger partial charge in [-0.25, -0.2) is 18.6 Å². The molecule has 2 heterocycles. The number of aromatic nitrogens is 1. The van der Waals surface area contributed by atoms with Gasteiger partial charge in [-0.05, 0) is 12.1 Å². The zero-order valence-corrected chi connectivity index (χ0v) is 12.7. The van der Waals surface area contributed by atoms with E-state index in [4.69, 9.17) is 9.47 Å². The lowest BCUT2D eigenvalue weighted by Crippen LogP contribution is -2.20. The number of ether oxygens (including phenoxy) is 2. The third-order valence-electron chi connectivity index (χ3n) is 3.30. The molecule has 1 aliphatic heterocycles. The number of nitrogens with one attached hydrogen (secondary N) is 2. The van der Waals surface area contributed by atoms with Gasteiger partial charge in [0.25, 0.3) is 0 Å². The molecule has 9 heteroatoms. The van der Waals surface area contributed by atoms with Gasteiger partial charge in [-0.15, -0.1) is 0 Å². The van der Waals surface area contributed by atoms with Crippen molar-refractivity contribution in [3.05, 3.63) is 42.0 Å². The number of hydrogen-bond acceptors (Lipinski definition) is 5. The quantitative estimate of drug-likeness (QED) is 0.735. The van der Waals surface area contributed by atoms with Crippen LogP contribution in [0.4, 0.5) is 24.4 Å². The molecule has 1 aromatic heterocycles. The minimum atomic E-state index is -0.861. The standard InChI is InChI=1S/C15H9F2N3O3S/c16-7-2-1-3-8(17)13(7)19-14(21)20-15-18-9-4-10-11(23-6-22-10)5-12(9)24-15/h1-5H,6H2,(H2,18,19,20,21). The predicted octanol–water partition coefficient (Wildman–Crippen LogP) is 3.95. The number of fused-ring (bicyclic) bond motifs is 2. The Bertz CT molecular complexity index is 899. The Morgan fingerprint density at radius 3 is 2.58 bits per heavy atom. The van der Waals surface area contributed by atoms with Crippen LogP contribution < -0.4 is 20.1 Å². The van der Waals surface area contributed by atoms with Gasteiger partial charge in [-0.2, -0.15) is 0 Å². The van der Waals surface area contributed by atoms with E-state index >= 15 is 0 Å². The van der Waals surface area contributed by atoms with Crippen molar-refractivity contribution in [1.29, 1.82) is 0 Å². The molecule has 0 spiro atoms. The van der Waals surface area contributed by atoms with Crippen LogP contribution in [0.25, 0.3) is 10.2 Å². The largest absolute Gasteiger partial charge is 0.454 e. The molecule has 6 nitrogen and oxygen atoms in total. The monoisotopic (exact) mass is 349 g/mol. The fraction of sp³-hybridized carbons (Fsp3) is 0.0667. The molecule has 1 aliphatic rings. The van der Waals surface area contributed by atoms with Crippen molar-refractivity contribution in [1.82, 2.24) is 4.98 Å². The van der Waals surface area contributed by atoms with Crippen LogP contribution in [0.1, 0.15) is 0 Å². The predicted molar refractivity (Wildman–Crippen MR) is 84.7 cm³/mol. The Labute approximate surface area is 138 Å². The third-order valence-corrected chi connectivity index (χ3v) is 4.24. The highest BCUT2D eigenvalue weighted by Crippen LogP contribution is 2.38. The number of urea groups is 1. The Morgan fingerprint density at radius 2 is 1.83 bits per heavy atom. The van der Waals surface area contributed by atoms with Crippen LogP contribution in [-0.2, 0) is 0 Å². The average molecular weight is 349 g/mol. The number of para-hydroxylation sites is 1. The van der Waals surface area contributed by atoms with Crippen LogP contribution >= 0.6 is 11.3 Å². The van der Waals surface area contributed by atoms with Crippen molar-refractivity contribution < 1.29 is 23.0 Å². The molecule has 0 fully saturated rings. The van der Waals surface area contributed by atoms with Gasteiger partial charge < -0.3 is 14.8 Å². The fourth-order valence-corrected chi connectivity index (χ4v) is 3.10. The molecular formula is C15H9F2N3O3S. The van der Waals surface area contributed by atoms with Gasteiger partial charge >= 0.3 is 6.03 Å². The van der Waals surface area contributed by atoms with Crippen LogP contribution in [0.15, 0.2) is 30.3 Å². The molecule has 122 valence electrons. The number of anilines is 2. The van der Waals surface area contributed by atoms with E-state index < -0.39 is 23.4 Å². The lowest BCUT2D eigenvalue weighted by Gasteiger charge is -2.07. The molecular weight excluding hydrogens is 340 g/mol. The molecule has 0 saturated heterocycles. The second-order valence-electron chi connectivity index (χ2n) is 4.87. The van der Waals surface area contributed by atoms with Crippen molar-refractivity contribution >= 4 is 38.4 Å². The van der Waals surface area contributed by atoms with E-state index in [9.17, 15) is 13.6 Å². The maximum Gasteiger partial charge on any atom is 0.325 e. The van der Waals surface area contributed by atoms with Gasteiger partial charge in [0.2, 0.25) is 6.79 Å². The van der Waals surface area contributed by atoms with E-state index in [1.807, 2.05) is 0 Å². The number of carbonyl (C=O) groups is 1. The molecule has 2 amide bonds. The first-order valence-electron chi connectivity index (χ1n) is 6.82. The Balaban J connectivity index is 1.55. The number of rotatable bonds is 2. The average Bonchev–Trinajstić information content (AvgIpc) is 3.13. The highest BCUT2D eigenvalue weighted by Gasteiger charge is 2.18. The summed E-state index contributed by atoms with van der Waals surface area (Å²) in [5.41, 5.74) is 0.105. The van der Waals surface area contributed by atoms with E-state index in [2.05, 4.69) is 15.6 Å². The number of thiazole rings is 1. The molecule has 0 radical (unpaired) electrons. The second-order valence-corrected chi connectivity index (χ2v) is 5.90. The van der Waals surface area contributed by atoms with Crippen LogP contribution in [0, 0.1) is 11.6 Å². The van der Waals surface area contributed by atoms with Gasteiger partial charge in [0, 0.05) is 12.1 Å². The third kappa shape index (κ3) is 2.58. The molecule has 3 aromatic rings. The minimum absolute atomic E-state index is 0.161. The van der Waals surface area contributed by atoms with E-state index in [1.54, 1.807) is 12.1 Å². The summed E-state index contributed by atoms with van der Waals surface area (Å²) in [6, 6.07) is 5.99. The van der Waals surface area contributed by atoms with Crippen molar-refractivity contribution in [3.8, 4) is 11.5 Å². The van der Waals surface area contributed by atoms with Crippen LogP contribution in [-0.4, -0.2) is 17.8 Å². The van der Waals surface area contributed by atoms with E-state index in [0.717, 1.165) is 16.8 Å². The Hall–Kier alpha value is -2.94. The summed E-state index contributed by atoms with van der Waals surface area (Å²) in [4.78, 5) is 16.2. The number of amides is 2. The van der Waals surface area contributed by atoms with Crippen molar-refractivity contribution in [2.45, 2.75) is 0 Å². The minimum Gasteiger partial charge on any atom is -0.454 e. The van der Waals surface area contributed by atoms with Gasteiger partial charge in [0.05, 0.1) is 10.2 Å². The van der Waals surface area contributed by atoms with Crippen LogP contribution in [0.3, 0.4) is 0 Å². The number of halogens is 2. The summed E-state index contributed by atoms with van der Waals surface area (Å²) < 4.78 is 38.4. The summed E-state index contributed by atoms with van der Waals surface area (Å²) in [6.07, 6.45) is 0. The first-order chi connectivity index (χ1) is 11.6. The van der Waals surface area contributed by atoms with Gasteiger partial charge in [-0.3, -0.25) is 5.32 Å². The molecule has 0 bridgehead atoms. The molecule has 0 atom stereocenters. The normalized spacial score (nSPS) is 12.4. The number of nitrogens with zero attached hydrogens (tertiary/aromatic N) is 1. The molecule has 0 unspecified atom stereocenters. The molecule has 24 heavy (non-hydrogen) atoms. The summed E-state index contributed by atoms with van der Waals surface area (Å²) in [6.45, 7) is 0.161. The summed E-state index contributed by atoms with van der Waals surface area (Å²) in [5, 5.41) is 4.87. The van der Waals surface area contributed by atoms with Crippen molar-refractivity contribution in [2.24, 2.45) is 0 Å². The summed E-state index contributed by atoms with van der Waals surface area (Å²) in [7, 11) is 0. The van der Waals surface area contributed by atoms with Gasteiger partial charge in [-0.1, -0.05) is 17.4 Å². The maximum atomic E-state index is 13.5. The highest BCUT2D eigenvalue weighted by molar-refractivity contribution is 7.22. The fourth-order valence-electron chi connectivity index (χ4n) is 2.23. The smallest absolute Gasteiger partial charge is 0.325 e. The number of carbonyl (C=O) groups excluding carboxylic acids is 1. The number of hydrogen-bond donors (Lipinski definition) is 2. The topological polar surface area (TPSA) is 72.5 Å². The Kier molecular flexibility index (Phi) is 3.42. The van der Waals surface area contributed by atoms with Crippen LogP contribution in [0.5, 0.6) is 11.5 Å². The van der Waals surface area contributed by atoms with E-state index in [-0.39, 0.29) is 11.9 Å². The highest BCUT2D eigenvalue weighted by atomic mass is 32.1.